The van der Waals surface area contributed by atoms with Gasteiger partial charge in [-0.3, -0.25) is 4.57 Å². The zero-order valence-corrected chi connectivity index (χ0v) is 21.5. The predicted molar refractivity (Wildman–Crippen MR) is 132 cm³/mol. The molecule has 2 aliphatic rings. The van der Waals surface area contributed by atoms with Gasteiger partial charge < -0.3 is 14.9 Å². The van der Waals surface area contributed by atoms with E-state index in [4.69, 9.17) is 14.9 Å². The van der Waals surface area contributed by atoms with Crippen LogP contribution in [0.2, 0.25) is 18.1 Å². The summed E-state index contributed by atoms with van der Waals surface area (Å²) in [5, 5.41) is 0.203. The van der Waals surface area contributed by atoms with E-state index in [-0.39, 0.29) is 33.5 Å². The van der Waals surface area contributed by atoms with E-state index in [1.54, 1.807) is 28.6 Å². The Hall–Kier alpha value is -1.61. The van der Waals surface area contributed by atoms with Crippen molar-refractivity contribution in [2.45, 2.75) is 92.7 Å². The number of aromatic nitrogens is 2. The third-order valence-corrected chi connectivity index (χ3v) is 13.0. The first-order valence-electron chi connectivity index (χ1n) is 11.4. The van der Waals surface area contributed by atoms with Crippen LogP contribution in [-0.2, 0) is 9.16 Å². The highest BCUT2D eigenvalue weighted by Gasteiger charge is 2.56. The summed E-state index contributed by atoms with van der Waals surface area (Å²) in [6, 6.07) is 12.0. The SMILES string of the molecule is CC(C)(C)[Si](C)(C)O[C@@H]1CCC[C@]12C[C@@H](Sc1ccccc1)[C@H](n1ccc(N)nc1=O)O2. The van der Waals surface area contributed by atoms with Crippen LogP contribution in [0, 0.1) is 0 Å². The van der Waals surface area contributed by atoms with Crippen LogP contribution in [0.5, 0.6) is 0 Å². The van der Waals surface area contributed by atoms with E-state index in [0.29, 0.717) is 0 Å². The van der Waals surface area contributed by atoms with E-state index in [2.05, 4.69) is 51.0 Å². The number of nitrogens with two attached hydrogens (primary N) is 1. The molecule has 2 aromatic rings. The maximum Gasteiger partial charge on any atom is 0.351 e. The van der Waals surface area contributed by atoms with Gasteiger partial charge in [-0.05, 0) is 62.0 Å². The Bertz CT molecular complexity index is 1010. The second-order valence-corrected chi connectivity index (χ2v) is 16.6. The molecule has 1 saturated carbocycles. The molecule has 174 valence electrons. The van der Waals surface area contributed by atoms with Crippen molar-refractivity contribution in [1.82, 2.24) is 9.55 Å². The van der Waals surface area contributed by atoms with Crippen molar-refractivity contribution in [3.8, 4) is 0 Å². The maximum absolute atomic E-state index is 12.7. The third-order valence-electron chi connectivity index (χ3n) is 7.27. The van der Waals surface area contributed by atoms with Crippen molar-refractivity contribution in [2.75, 3.05) is 5.73 Å². The molecule has 1 aromatic carbocycles. The third kappa shape index (κ3) is 4.55. The van der Waals surface area contributed by atoms with Gasteiger partial charge in [-0.25, -0.2) is 4.79 Å². The van der Waals surface area contributed by atoms with Gasteiger partial charge in [0.15, 0.2) is 14.5 Å². The zero-order valence-electron chi connectivity index (χ0n) is 19.7. The summed E-state index contributed by atoms with van der Waals surface area (Å²) in [7, 11) is -1.96. The fourth-order valence-corrected chi connectivity index (χ4v) is 7.24. The van der Waals surface area contributed by atoms with Crippen LogP contribution < -0.4 is 11.4 Å². The van der Waals surface area contributed by atoms with Gasteiger partial charge in [-0.1, -0.05) is 39.0 Å². The molecule has 1 aromatic heterocycles. The van der Waals surface area contributed by atoms with Crippen molar-refractivity contribution < 1.29 is 9.16 Å². The number of anilines is 1. The summed E-state index contributed by atoms with van der Waals surface area (Å²) >= 11 is 1.77. The number of benzene rings is 1. The molecule has 8 heteroatoms. The number of thioether (sulfide) groups is 1. The number of ether oxygens (including phenoxy) is 1. The van der Waals surface area contributed by atoms with Crippen LogP contribution in [0.25, 0.3) is 0 Å². The minimum absolute atomic E-state index is 0.0460. The topological polar surface area (TPSA) is 79.4 Å². The second-order valence-electron chi connectivity index (χ2n) is 10.5. The van der Waals surface area contributed by atoms with Crippen molar-refractivity contribution in [1.29, 1.82) is 0 Å². The monoisotopic (exact) mass is 473 g/mol. The van der Waals surface area contributed by atoms with Gasteiger partial charge in [-0.15, -0.1) is 11.8 Å². The van der Waals surface area contributed by atoms with E-state index >= 15 is 0 Å². The molecule has 2 N–H and O–H groups in total. The summed E-state index contributed by atoms with van der Waals surface area (Å²) < 4.78 is 15.4. The molecule has 2 fully saturated rings. The Balaban J connectivity index is 1.67. The average Bonchev–Trinajstić information content (AvgIpc) is 3.25. The number of nitrogen functional groups attached to an aromatic ring is 1. The van der Waals surface area contributed by atoms with E-state index < -0.39 is 14.5 Å². The molecule has 6 nitrogen and oxygen atoms in total. The normalized spacial score (nSPS) is 28.5. The van der Waals surface area contributed by atoms with Gasteiger partial charge in [-0.2, -0.15) is 4.98 Å². The van der Waals surface area contributed by atoms with Crippen molar-refractivity contribution >= 4 is 25.9 Å². The van der Waals surface area contributed by atoms with Crippen LogP contribution in [0.4, 0.5) is 5.82 Å². The molecule has 1 aliphatic carbocycles. The molecule has 0 bridgehead atoms. The Morgan fingerprint density at radius 3 is 2.62 bits per heavy atom. The molecule has 4 rings (SSSR count). The molecule has 1 spiro atoms. The smallest absolute Gasteiger partial charge is 0.351 e. The van der Waals surface area contributed by atoms with Crippen molar-refractivity contribution in [3.05, 3.63) is 53.1 Å². The molecule has 32 heavy (non-hydrogen) atoms. The lowest BCUT2D eigenvalue weighted by molar-refractivity contribution is -0.116. The highest BCUT2D eigenvalue weighted by Crippen LogP contribution is 2.54. The summed E-state index contributed by atoms with van der Waals surface area (Å²) in [4.78, 5) is 17.9. The molecular formula is C24H35N3O3SSi. The summed E-state index contributed by atoms with van der Waals surface area (Å²) in [5.74, 6) is 0.228. The van der Waals surface area contributed by atoms with Gasteiger partial charge >= 0.3 is 5.69 Å². The Labute approximate surface area is 196 Å². The van der Waals surface area contributed by atoms with Crippen LogP contribution in [-0.4, -0.2) is 34.8 Å². The number of rotatable bonds is 5. The van der Waals surface area contributed by atoms with Crippen molar-refractivity contribution in [3.63, 3.8) is 0 Å². The summed E-state index contributed by atoms with van der Waals surface area (Å²) in [6.45, 7) is 11.4. The zero-order chi connectivity index (χ0) is 23.1. The quantitative estimate of drug-likeness (QED) is 0.600. The molecule has 2 heterocycles. The lowest BCUT2D eigenvalue weighted by atomic mass is 9.96. The molecule has 0 amide bonds. The highest BCUT2D eigenvalue weighted by atomic mass is 32.2. The predicted octanol–water partition coefficient (Wildman–Crippen LogP) is 5.22. The summed E-state index contributed by atoms with van der Waals surface area (Å²) in [5.41, 5.74) is 4.99. The Kier molecular flexibility index (Phi) is 6.35. The number of hydrogen-bond donors (Lipinski definition) is 1. The van der Waals surface area contributed by atoms with Crippen molar-refractivity contribution in [2.24, 2.45) is 0 Å². The van der Waals surface area contributed by atoms with Crippen LogP contribution >= 0.6 is 11.8 Å². The molecule has 0 unspecified atom stereocenters. The van der Waals surface area contributed by atoms with Crippen LogP contribution in [0.3, 0.4) is 0 Å². The van der Waals surface area contributed by atoms with E-state index in [1.165, 1.54) is 4.90 Å². The fraction of sp³-hybridized carbons (Fsp3) is 0.583. The standard InChI is InChI=1S/C24H35N3O3SSi/c1-23(2,3)32(4,5)30-19-12-9-14-24(19)16-18(31-17-10-7-6-8-11-17)21(29-24)27-15-13-20(25)26-22(27)28/h6-8,10-11,13,15,18-19,21H,9,12,14,16H2,1-5H3,(H2,25,26,28)/t18-,19-,21-,24+/m1/s1. The maximum atomic E-state index is 12.7. The minimum atomic E-state index is -1.96. The molecule has 1 saturated heterocycles. The van der Waals surface area contributed by atoms with Gasteiger partial charge in [0.1, 0.15) is 5.82 Å². The largest absolute Gasteiger partial charge is 0.411 e. The van der Waals surface area contributed by atoms with Gasteiger partial charge in [0.25, 0.3) is 0 Å². The molecule has 0 radical (unpaired) electrons. The van der Waals surface area contributed by atoms with Gasteiger partial charge in [0.05, 0.1) is 17.0 Å². The lowest BCUT2D eigenvalue weighted by Crippen LogP contribution is -2.50. The minimum Gasteiger partial charge on any atom is -0.411 e. The van der Waals surface area contributed by atoms with E-state index in [9.17, 15) is 4.79 Å². The second kappa shape index (κ2) is 8.63. The first kappa shape index (κ1) is 23.5. The summed E-state index contributed by atoms with van der Waals surface area (Å²) in [6.07, 6.45) is 5.21. The van der Waals surface area contributed by atoms with E-state index in [1.807, 2.05) is 18.2 Å². The molecule has 4 atom stereocenters. The lowest BCUT2D eigenvalue weighted by Gasteiger charge is -2.42. The first-order chi connectivity index (χ1) is 15.0. The first-order valence-corrected chi connectivity index (χ1v) is 15.2. The van der Waals surface area contributed by atoms with Crippen LogP contribution in [0.1, 0.15) is 52.7 Å². The Morgan fingerprint density at radius 2 is 1.97 bits per heavy atom. The highest BCUT2D eigenvalue weighted by molar-refractivity contribution is 8.00. The molecule has 1 aliphatic heterocycles. The van der Waals surface area contributed by atoms with E-state index in [0.717, 1.165) is 25.7 Å². The molecular weight excluding hydrogens is 438 g/mol. The van der Waals surface area contributed by atoms with Gasteiger partial charge in [0.2, 0.25) is 0 Å². The van der Waals surface area contributed by atoms with Gasteiger partial charge in [0, 0.05) is 11.1 Å². The Morgan fingerprint density at radius 1 is 1.25 bits per heavy atom. The average molecular weight is 474 g/mol. The fourth-order valence-electron chi connectivity index (χ4n) is 4.51. The number of hydrogen-bond acceptors (Lipinski definition) is 6. The van der Waals surface area contributed by atoms with Crippen LogP contribution in [0.15, 0.2) is 52.3 Å². The number of nitrogens with zero attached hydrogens (tertiary/aromatic N) is 2.